The van der Waals surface area contributed by atoms with Gasteiger partial charge in [-0.15, -0.1) is 11.8 Å². The van der Waals surface area contributed by atoms with E-state index < -0.39 is 15.3 Å². The van der Waals surface area contributed by atoms with Gasteiger partial charge in [0.2, 0.25) is 17.7 Å². The number of carbonyl (C=O) groups excluding carboxylic acids is 2. The number of para-hydroxylation sites is 2. The number of benzene rings is 4. The van der Waals surface area contributed by atoms with Crippen LogP contribution < -0.4 is 9.62 Å². The molecule has 1 aliphatic rings. The van der Waals surface area contributed by atoms with E-state index in [0.29, 0.717) is 22.8 Å². The molecule has 1 fully saturated rings. The maximum atomic E-state index is 13.2. The van der Waals surface area contributed by atoms with Gasteiger partial charge in [0, 0.05) is 22.6 Å². The van der Waals surface area contributed by atoms with Gasteiger partial charge in [-0.05, 0) is 79.7 Å². The van der Waals surface area contributed by atoms with Crippen LogP contribution in [0.2, 0.25) is 0 Å². The number of fused-ring (bicyclic) bond motifs is 1. The summed E-state index contributed by atoms with van der Waals surface area (Å²) in [7, 11) is -3.72. The van der Waals surface area contributed by atoms with E-state index in [2.05, 4.69) is 9.71 Å². The fraction of sp³-hybridized carbons (Fsp3) is 0.100. The second kappa shape index (κ2) is 10.3. The van der Waals surface area contributed by atoms with E-state index in [1.54, 1.807) is 72.8 Å². The predicted octanol–water partition coefficient (Wildman–Crippen LogP) is 6.03. The predicted molar refractivity (Wildman–Crippen MR) is 155 cm³/mol. The Morgan fingerprint density at radius 1 is 0.900 bits per heavy atom. The summed E-state index contributed by atoms with van der Waals surface area (Å²) in [4.78, 5) is 32.6. The van der Waals surface area contributed by atoms with Crippen LogP contribution in [-0.4, -0.2) is 30.5 Å². The Hall–Kier alpha value is -4.41. The number of nitrogens with one attached hydrogen (secondary N) is 1. The van der Waals surface area contributed by atoms with Crippen molar-refractivity contribution in [2.75, 3.05) is 9.62 Å². The maximum Gasteiger partial charge on any atom is 0.261 e. The molecule has 0 aliphatic carbocycles. The van der Waals surface area contributed by atoms with Gasteiger partial charge in [-0.3, -0.25) is 14.3 Å². The van der Waals surface area contributed by atoms with Crippen molar-refractivity contribution < 1.29 is 22.4 Å². The molecule has 6 rings (SSSR count). The smallest absolute Gasteiger partial charge is 0.261 e. The SMILES string of the molecule is Cc1ccc(S(=O)(=O)Nc2ccc(SC3CC(=O)N(c4ccc(-c5nc6ccccc6o5)cc4)C3=O)cc2)cc1. The molecule has 5 aromatic rings. The molecule has 1 saturated heterocycles. The average Bonchev–Trinajstić information content (AvgIpc) is 3.50. The van der Waals surface area contributed by atoms with E-state index in [1.165, 1.54) is 16.7 Å². The van der Waals surface area contributed by atoms with Crippen LogP contribution in [0.5, 0.6) is 0 Å². The minimum absolute atomic E-state index is 0.0676. The summed E-state index contributed by atoms with van der Waals surface area (Å²) in [6.45, 7) is 1.89. The highest BCUT2D eigenvalue weighted by atomic mass is 32.2. The molecule has 0 saturated carbocycles. The zero-order chi connectivity index (χ0) is 27.9. The van der Waals surface area contributed by atoms with E-state index in [4.69, 9.17) is 4.42 Å². The third kappa shape index (κ3) is 5.11. The van der Waals surface area contributed by atoms with Crippen LogP contribution in [0.3, 0.4) is 0 Å². The number of rotatable bonds is 7. The summed E-state index contributed by atoms with van der Waals surface area (Å²) in [5.41, 5.74) is 4.03. The first-order valence-corrected chi connectivity index (χ1v) is 14.8. The lowest BCUT2D eigenvalue weighted by atomic mass is 10.2. The van der Waals surface area contributed by atoms with Crippen LogP contribution in [0.1, 0.15) is 12.0 Å². The van der Waals surface area contributed by atoms with Crippen LogP contribution in [-0.2, 0) is 19.6 Å². The largest absolute Gasteiger partial charge is 0.436 e. The number of thioether (sulfide) groups is 1. The van der Waals surface area contributed by atoms with Gasteiger partial charge in [-0.25, -0.2) is 18.3 Å². The lowest BCUT2D eigenvalue weighted by Crippen LogP contribution is -2.31. The molecule has 1 unspecified atom stereocenters. The molecular weight excluding hydrogens is 546 g/mol. The summed E-state index contributed by atoms with van der Waals surface area (Å²) in [5, 5.41) is -0.584. The van der Waals surface area contributed by atoms with Gasteiger partial charge >= 0.3 is 0 Å². The van der Waals surface area contributed by atoms with E-state index in [9.17, 15) is 18.0 Å². The molecule has 40 heavy (non-hydrogen) atoms. The Kier molecular flexibility index (Phi) is 6.65. The fourth-order valence-corrected chi connectivity index (χ4v) is 6.53. The van der Waals surface area contributed by atoms with Crippen LogP contribution in [0.25, 0.3) is 22.6 Å². The number of aromatic nitrogens is 1. The van der Waals surface area contributed by atoms with Crippen molar-refractivity contribution in [1.29, 1.82) is 0 Å². The van der Waals surface area contributed by atoms with Crippen LogP contribution in [0, 0.1) is 6.92 Å². The molecule has 1 N–H and O–H groups in total. The van der Waals surface area contributed by atoms with Crippen molar-refractivity contribution in [1.82, 2.24) is 4.98 Å². The molecule has 4 aromatic carbocycles. The van der Waals surface area contributed by atoms with Crippen LogP contribution in [0.4, 0.5) is 11.4 Å². The summed E-state index contributed by atoms with van der Waals surface area (Å²) < 4.78 is 33.7. The Bertz CT molecular complexity index is 1800. The van der Waals surface area contributed by atoms with Crippen LogP contribution >= 0.6 is 11.8 Å². The number of amides is 2. The number of carbonyl (C=O) groups is 2. The normalized spacial score (nSPS) is 15.6. The Morgan fingerprint density at radius 3 is 2.30 bits per heavy atom. The Balaban J connectivity index is 1.12. The van der Waals surface area contributed by atoms with E-state index >= 15 is 0 Å². The standard InChI is InChI=1S/C30H23N3O5S2/c1-19-6-16-24(17-7-19)40(36,37)32-21-10-14-23(15-11-21)39-27-18-28(34)33(30(27)35)22-12-8-20(9-13-22)29-31-25-4-2-3-5-26(25)38-29/h2-17,27,32H,18H2,1H3. The van der Waals surface area contributed by atoms with Gasteiger partial charge in [0.05, 0.1) is 15.8 Å². The fourth-order valence-electron chi connectivity index (χ4n) is 4.41. The van der Waals surface area contributed by atoms with Crippen molar-refractivity contribution in [3.05, 3.63) is 103 Å². The van der Waals surface area contributed by atoms with Gasteiger partial charge < -0.3 is 4.42 Å². The number of hydrogen-bond acceptors (Lipinski definition) is 7. The molecule has 200 valence electrons. The van der Waals surface area contributed by atoms with Crippen LogP contribution in [0.15, 0.2) is 111 Å². The Labute approximate surface area is 235 Å². The maximum absolute atomic E-state index is 13.2. The van der Waals surface area contributed by atoms with Crippen molar-refractivity contribution >= 4 is 56.1 Å². The van der Waals surface area contributed by atoms with Gasteiger partial charge in [0.1, 0.15) is 5.52 Å². The number of nitrogens with zero attached hydrogens (tertiary/aromatic N) is 2. The third-order valence-corrected chi connectivity index (χ3v) is 9.08. The number of imide groups is 1. The zero-order valence-electron chi connectivity index (χ0n) is 21.3. The van der Waals surface area contributed by atoms with Crippen molar-refractivity contribution in [3.8, 4) is 11.5 Å². The minimum atomic E-state index is -3.72. The summed E-state index contributed by atoms with van der Waals surface area (Å²) in [5.74, 6) is -0.113. The molecule has 0 spiro atoms. The molecule has 1 atom stereocenters. The average molecular weight is 570 g/mol. The summed E-state index contributed by atoms with van der Waals surface area (Å²) in [6, 6.07) is 27.8. The van der Waals surface area contributed by atoms with Gasteiger partial charge in [-0.2, -0.15) is 0 Å². The first kappa shape index (κ1) is 25.8. The van der Waals surface area contributed by atoms with E-state index in [1.807, 2.05) is 31.2 Å². The Morgan fingerprint density at radius 2 is 1.60 bits per heavy atom. The molecule has 1 aromatic heterocycles. The third-order valence-electron chi connectivity index (χ3n) is 6.49. The molecule has 8 nitrogen and oxygen atoms in total. The zero-order valence-corrected chi connectivity index (χ0v) is 22.9. The van der Waals surface area contributed by atoms with Crippen molar-refractivity contribution in [2.24, 2.45) is 0 Å². The molecule has 0 bridgehead atoms. The highest BCUT2D eigenvalue weighted by Crippen LogP contribution is 2.35. The van der Waals surface area contributed by atoms with Gasteiger partial charge in [0.25, 0.3) is 10.0 Å². The van der Waals surface area contributed by atoms with Crippen molar-refractivity contribution in [2.45, 2.75) is 28.4 Å². The number of aryl methyl sites for hydroxylation is 1. The number of sulfonamides is 1. The molecule has 2 amide bonds. The first-order chi connectivity index (χ1) is 19.3. The second-order valence-corrected chi connectivity index (χ2v) is 12.3. The topological polar surface area (TPSA) is 110 Å². The molecular formula is C30H23N3O5S2. The molecule has 1 aliphatic heterocycles. The summed E-state index contributed by atoms with van der Waals surface area (Å²) in [6.07, 6.45) is 0.0676. The van der Waals surface area contributed by atoms with Gasteiger partial charge in [0.15, 0.2) is 5.58 Å². The molecule has 0 radical (unpaired) electrons. The monoisotopic (exact) mass is 569 g/mol. The second-order valence-electron chi connectivity index (χ2n) is 9.35. The number of oxazole rings is 1. The van der Waals surface area contributed by atoms with E-state index in [-0.39, 0.29) is 23.1 Å². The van der Waals surface area contributed by atoms with Crippen molar-refractivity contribution in [3.63, 3.8) is 0 Å². The van der Waals surface area contributed by atoms with E-state index in [0.717, 1.165) is 21.5 Å². The molecule has 10 heteroatoms. The molecule has 2 heterocycles. The lowest BCUT2D eigenvalue weighted by Gasteiger charge is -2.15. The van der Waals surface area contributed by atoms with Gasteiger partial charge in [-0.1, -0.05) is 29.8 Å². The highest BCUT2D eigenvalue weighted by molar-refractivity contribution is 8.00. The lowest BCUT2D eigenvalue weighted by molar-refractivity contribution is -0.121. The number of hydrogen-bond donors (Lipinski definition) is 1. The first-order valence-electron chi connectivity index (χ1n) is 12.5. The summed E-state index contributed by atoms with van der Waals surface area (Å²) >= 11 is 1.27. The minimum Gasteiger partial charge on any atom is -0.436 e. The quantitative estimate of drug-likeness (QED) is 0.238. The number of anilines is 2. The highest BCUT2D eigenvalue weighted by Gasteiger charge is 2.40.